The number of benzene rings is 3. The lowest BCUT2D eigenvalue weighted by Crippen LogP contribution is -2.64. The number of rotatable bonds is 18. The number of ether oxygens (including phenoxy) is 1. The van der Waals surface area contributed by atoms with E-state index in [0.717, 1.165) is 172 Å². The first-order valence-electron chi connectivity index (χ1n) is 42.9. The number of anilines is 3. The van der Waals surface area contributed by atoms with Crippen LogP contribution in [0, 0.1) is 17.5 Å². The molecule has 0 spiro atoms. The second kappa shape index (κ2) is 36.7. The lowest BCUT2D eigenvalue weighted by Gasteiger charge is -2.48. The van der Waals surface area contributed by atoms with Crippen LogP contribution in [0.3, 0.4) is 0 Å². The monoisotopic (exact) mass is 1620 g/mol. The molecule has 6 aromatic rings. The van der Waals surface area contributed by atoms with E-state index < -0.39 is 0 Å². The molecule has 3 N–H and O–H groups in total. The number of fused-ring (bicyclic) bond motifs is 3. The van der Waals surface area contributed by atoms with Crippen molar-refractivity contribution in [2.45, 2.75) is 199 Å². The molecular weight excluding hydrogens is 1500 g/mol. The van der Waals surface area contributed by atoms with E-state index in [2.05, 4.69) is 154 Å². The van der Waals surface area contributed by atoms with Crippen molar-refractivity contribution in [1.82, 2.24) is 70.1 Å². The number of amides is 5. The molecule has 0 aliphatic carbocycles. The third-order valence-corrected chi connectivity index (χ3v) is 26.2. The maximum absolute atomic E-state index is 13.9. The van der Waals surface area contributed by atoms with Crippen LogP contribution in [0.15, 0.2) is 110 Å². The van der Waals surface area contributed by atoms with Crippen molar-refractivity contribution in [1.29, 1.82) is 0 Å². The van der Waals surface area contributed by atoms with Gasteiger partial charge in [-0.05, 0) is 163 Å². The highest BCUT2D eigenvalue weighted by molar-refractivity contribution is 5.99. The standard InChI is InChI=1S/C31H43FN6O2.C31H44FN5O2.C30H41FN6O2/c1-21-16-37(27(15-33-21)18-35-10-11-36(23(3)39)17-22(35)2)19-29(40)38-20-31(4,5)30-28(38)13-25(14-34-30)12-24-6-8-26(32)9-7-24;1-21-17-36(26(16-33-21)18-35-11-12-39-31(5,6)22(35)2)19-28(38)37-20-30(3,4)29-27(37)14-24(15-34-29)13-23-7-9-25(32)10-8-23;1-20-16-36(25(15-32-20)17-35-11-10-34(5)29(39)21(35)2)18-27(38)37-19-30(3,4)28-26(37)13-23(14-33-28)12-22-6-8-24(31)9-7-22/h6-9,13-14,21-22,27,33H,10-12,15-20H2,1-5H3;7-10,14-15,21-22,26,33H,11-13,16-20H2,1-6H3;6-9,13-14,20-21,25,32H,10-12,15-19H2,1-5H3/t21-,22?,27-;21-,22?,26-;20-,21-,25-/m111/s1. The number of nitrogens with zero attached hydrogens (tertiary/aromatic N) is 14. The molecule has 118 heavy (non-hydrogen) atoms. The Bertz CT molecular complexity index is 4530. The van der Waals surface area contributed by atoms with Crippen molar-refractivity contribution >= 4 is 46.6 Å². The number of piperazine rings is 5. The summed E-state index contributed by atoms with van der Waals surface area (Å²) in [7, 11) is 1.86. The molecule has 26 heteroatoms. The smallest absolute Gasteiger partial charge is 0.241 e. The first-order valence-corrected chi connectivity index (χ1v) is 42.9. The number of pyridine rings is 3. The third kappa shape index (κ3) is 20.7. The van der Waals surface area contributed by atoms with Crippen LogP contribution in [-0.4, -0.2) is 295 Å². The summed E-state index contributed by atoms with van der Waals surface area (Å²) in [6.07, 6.45) is 7.58. The van der Waals surface area contributed by atoms with Gasteiger partial charge in [-0.3, -0.25) is 68.3 Å². The van der Waals surface area contributed by atoms with Gasteiger partial charge < -0.3 is 45.2 Å². The fourth-order valence-corrected chi connectivity index (χ4v) is 18.9. The molecule has 0 bridgehead atoms. The van der Waals surface area contributed by atoms with Gasteiger partial charge in [-0.25, -0.2) is 13.2 Å². The van der Waals surface area contributed by atoms with Crippen LogP contribution in [0.5, 0.6) is 0 Å². The van der Waals surface area contributed by atoms with E-state index in [1.165, 1.54) is 36.4 Å². The van der Waals surface area contributed by atoms with Crippen molar-refractivity contribution in [3.8, 4) is 0 Å². The van der Waals surface area contributed by atoms with Gasteiger partial charge in [0.2, 0.25) is 29.5 Å². The summed E-state index contributed by atoms with van der Waals surface area (Å²) in [6.45, 7) is 47.6. The lowest BCUT2D eigenvalue weighted by atomic mass is 9.91. The number of carbonyl (C=O) groups excluding carboxylic acids is 5. The number of likely N-dealkylation sites (N-methyl/N-ethyl adjacent to an activating group) is 1. The Balaban J connectivity index is 0.000000153. The minimum absolute atomic E-state index is 0.0733. The zero-order valence-corrected chi connectivity index (χ0v) is 72.6. The Kier molecular flexibility index (Phi) is 27.2. The molecule has 6 fully saturated rings. The van der Waals surface area contributed by atoms with Crippen molar-refractivity contribution in [3.63, 3.8) is 0 Å². The molecule has 9 atom stereocenters. The largest absolute Gasteiger partial charge is 0.373 e. The highest BCUT2D eigenvalue weighted by Gasteiger charge is 2.46. The average molecular weight is 1630 g/mol. The summed E-state index contributed by atoms with van der Waals surface area (Å²) >= 11 is 0. The molecule has 9 aliphatic rings. The summed E-state index contributed by atoms with van der Waals surface area (Å²) in [6, 6.07) is 27.9. The Morgan fingerprint density at radius 3 is 1.15 bits per heavy atom. The van der Waals surface area contributed by atoms with E-state index in [1.54, 1.807) is 48.2 Å². The number of nitrogens with one attached hydrogen (secondary N) is 3. The number of aromatic nitrogens is 3. The highest BCUT2D eigenvalue weighted by Crippen LogP contribution is 2.43. The van der Waals surface area contributed by atoms with Gasteiger partial charge in [-0.2, -0.15) is 0 Å². The average Bonchev–Trinajstić information content (AvgIpc) is 1.62. The van der Waals surface area contributed by atoms with Gasteiger partial charge in [0.15, 0.2) is 0 Å². The first-order chi connectivity index (χ1) is 55.9. The molecular formula is C92H128F3N17O6. The molecule has 638 valence electrons. The number of halogens is 3. The zero-order valence-electron chi connectivity index (χ0n) is 72.6. The van der Waals surface area contributed by atoms with E-state index in [1.807, 2.05) is 52.2 Å². The quantitative estimate of drug-likeness (QED) is 0.0738. The third-order valence-electron chi connectivity index (χ3n) is 26.2. The van der Waals surface area contributed by atoms with Gasteiger partial charge in [0, 0.05) is 215 Å². The minimum Gasteiger partial charge on any atom is -0.373 e. The fourth-order valence-electron chi connectivity index (χ4n) is 18.9. The van der Waals surface area contributed by atoms with Crippen LogP contribution in [0.25, 0.3) is 0 Å². The van der Waals surface area contributed by atoms with E-state index in [9.17, 15) is 37.1 Å². The zero-order chi connectivity index (χ0) is 84.4. The number of hydrogen-bond acceptors (Lipinski definition) is 18. The van der Waals surface area contributed by atoms with Crippen LogP contribution >= 0.6 is 0 Å². The molecule has 0 radical (unpaired) electrons. The molecule has 15 rings (SSSR count). The number of hydrogen-bond donors (Lipinski definition) is 3. The van der Waals surface area contributed by atoms with E-state index in [4.69, 9.17) is 19.7 Å². The summed E-state index contributed by atoms with van der Waals surface area (Å²) in [5.41, 5.74) is 10.7. The Hall–Kier alpha value is -8.15. The van der Waals surface area contributed by atoms with Crippen molar-refractivity contribution in [3.05, 3.63) is 178 Å². The van der Waals surface area contributed by atoms with Crippen molar-refractivity contribution < 1.29 is 41.9 Å². The van der Waals surface area contributed by atoms with E-state index >= 15 is 0 Å². The van der Waals surface area contributed by atoms with Gasteiger partial charge in [-0.1, -0.05) is 77.9 Å². The lowest BCUT2D eigenvalue weighted by molar-refractivity contribution is -0.140. The molecule has 6 saturated heterocycles. The normalized spacial score (nSPS) is 25.9. The minimum atomic E-state index is -0.251. The van der Waals surface area contributed by atoms with Gasteiger partial charge in [0.1, 0.15) is 17.5 Å². The molecule has 0 saturated carbocycles. The fraction of sp³-hybridized carbons (Fsp3) is 0.587. The maximum Gasteiger partial charge on any atom is 0.241 e. The highest BCUT2D eigenvalue weighted by atomic mass is 19.1. The summed E-state index contributed by atoms with van der Waals surface area (Å²) < 4.78 is 46.2. The van der Waals surface area contributed by atoms with Crippen LogP contribution in [0.2, 0.25) is 0 Å². The predicted molar refractivity (Wildman–Crippen MR) is 458 cm³/mol. The van der Waals surface area contributed by atoms with Gasteiger partial charge >= 0.3 is 0 Å². The Morgan fingerprint density at radius 2 is 0.797 bits per heavy atom. The predicted octanol–water partition coefficient (Wildman–Crippen LogP) is 8.51. The molecule has 2 unspecified atom stereocenters. The molecule has 5 amide bonds. The molecule has 9 aliphatic heterocycles. The number of morpholine rings is 1. The van der Waals surface area contributed by atoms with Crippen LogP contribution in [0.1, 0.15) is 154 Å². The number of carbonyl (C=O) groups is 5. The van der Waals surface area contributed by atoms with Gasteiger partial charge in [0.05, 0.1) is 72.0 Å². The summed E-state index contributed by atoms with van der Waals surface area (Å²) in [5.74, 6) is -0.156. The Labute approximate surface area is 697 Å². The maximum atomic E-state index is 13.9. The SMILES string of the molecule is CC(=O)N1CCN(C[C@H]2CN[C@H](C)CN2CC(=O)N2CC(C)(C)c3ncc(Cc4ccc(F)cc4)cc32)C(C)C1.CC1N(C[C@H]2CN[C@H](C)CN2CC(=O)N2CC(C)(C)c3ncc(Cc4ccc(F)cc4)cc32)CCOC1(C)C.C[C@@H]1CN(CC(=O)N2CC(C)(C)c3ncc(Cc4ccc(F)cc4)cc32)[C@@H](CN2CCN(C)C(=O)[C@H]2C)CN1. The summed E-state index contributed by atoms with van der Waals surface area (Å²) in [5, 5.41) is 10.8. The van der Waals surface area contributed by atoms with Crippen LogP contribution in [0.4, 0.5) is 30.2 Å². The first kappa shape index (κ1) is 87.7. The van der Waals surface area contributed by atoms with Gasteiger partial charge in [-0.15, -0.1) is 0 Å². The van der Waals surface area contributed by atoms with Crippen molar-refractivity contribution in [2.24, 2.45) is 0 Å². The van der Waals surface area contributed by atoms with Gasteiger partial charge in [0.25, 0.3) is 0 Å². The molecule has 3 aromatic carbocycles. The van der Waals surface area contributed by atoms with Crippen LogP contribution < -0.4 is 30.7 Å². The van der Waals surface area contributed by atoms with E-state index in [0.29, 0.717) is 76.7 Å². The topological polar surface area (TPSA) is 205 Å². The van der Waals surface area contributed by atoms with Crippen LogP contribution in [-0.2, 0) is 64.2 Å². The summed E-state index contributed by atoms with van der Waals surface area (Å²) in [4.78, 5) is 104. The Morgan fingerprint density at radius 1 is 0.449 bits per heavy atom. The van der Waals surface area contributed by atoms with Crippen molar-refractivity contribution in [2.75, 3.05) is 166 Å². The molecule has 3 aromatic heterocycles. The molecule has 23 nitrogen and oxygen atoms in total. The second-order valence-electron chi connectivity index (χ2n) is 37.7. The van der Waals surface area contributed by atoms with E-state index in [-0.39, 0.29) is 105 Å². The second-order valence-corrected chi connectivity index (χ2v) is 37.7. The molecule has 12 heterocycles.